The first kappa shape index (κ1) is 7.51. The van der Waals surface area contributed by atoms with Crippen LogP contribution in [0.25, 0.3) is 0 Å². The second-order valence-electron chi connectivity index (χ2n) is 3.01. The van der Waals surface area contributed by atoms with Gasteiger partial charge in [-0.25, -0.2) is 10.1 Å². The van der Waals surface area contributed by atoms with Crippen LogP contribution in [-0.4, -0.2) is 16.9 Å². The molecule has 6 heteroatoms. The summed E-state index contributed by atoms with van der Waals surface area (Å²) in [5.41, 5.74) is 12.3. The molecule has 0 aromatic carbocycles. The third-order valence-corrected chi connectivity index (χ3v) is 2.09. The number of anilines is 1. The first-order chi connectivity index (χ1) is 5.79. The lowest BCUT2D eigenvalue weighted by molar-refractivity contribution is 0.298. The molecular weight excluding hydrogens is 158 g/mol. The van der Waals surface area contributed by atoms with Gasteiger partial charge in [-0.3, -0.25) is 5.43 Å². The second kappa shape index (κ2) is 2.72. The van der Waals surface area contributed by atoms with Crippen molar-refractivity contribution in [3.63, 3.8) is 0 Å². The van der Waals surface area contributed by atoms with Gasteiger partial charge in [-0.15, -0.1) is 0 Å². The van der Waals surface area contributed by atoms with Crippen LogP contribution in [0.2, 0.25) is 0 Å². The quantitative estimate of drug-likeness (QED) is 0.522. The Labute approximate surface area is 69.4 Å². The molecule has 0 aliphatic carbocycles. The summed E-state index contributed by atoms with van der Waals surface area (Å²) < 4.78 is 4.51. The molecule has 2 atom stereocenters. The molecule has 1 aromatic rings. The van der Waals surface area contributed by atoms with Gasteiger partial charge in [0.2, 0.25) is 0 Å². The van der Waals surface area contributed by atoms with Gasteiger partial charge in [0.25, 0.3) is 0 Å². The van der Waals surface area contributed by atoms with E-state index in [0.29, 0.717) is 17.4 Å². The van der Waals surface area contributed by atoms with Gasteiger partial charge >= 0.3 is 0 Å². The first-order valence-electron chi connectivity index (χ1n) is 3.85. The number of nitrogens with two attached hydrogens (primary N) is 1. The van der Waals surface area contributed by atoms with Crippen molar-refractivity contribution < 1.29 is 4.63 Å². The summed E-state index contributed by atoms with van der Waals surface area (Å²) in [5.74, 6) is 0.808. The van der Waals surface area contributed by atoms with Gasteiger partial charge in [0.05, 0.1) is 6.04 Å². The van der Waals surface area contributed by atoms with Gasteiger partial charge in [-0.1, -0.05) is 12.1 Å². The van der Waals surface area contributed by atoms with Crippen LogP contribution in [0.1, 0.15) is 18.7 Å². The van der Waals surface area contributed by atoms with Gasteiger partial charge in [-0.05, 0) is 11.1 Å². The number of nitrogen functional groups attached to an aromatic ring is 1. The number of rotatable bonds is 1. The topological polar surface area (TPSA) is 89.0 Å². The molecule has 12 heavy (non-hydrogen) atoms. The zero-order chi connectivity index (χ0) is 8.55. The number of nitrogens with zero attached hydrogens (tertiary/aromatic N) is 2. The lowest BCUT2D eigenvalue weighted by atomic mass is 10.0. The lowest BCUT2D eigenvalue weighted by Crippen LogP contribution is -2.25. The average molecular weight is 169 g/mol. The van der Waals surface area contributed by atoms with E-state index in [1.54, 1.807) is 0 Å². The summed E-state index contributed by atoms with van der Waals surface area (Å²) >= 11 is 0. The largest absolute Gasteiger partial charge is 0.379 e. The molecule has 66 valence electrons. The van der Waals surface area contributed by atoms with Crippen LogP contribution in [0.4, 0.5) is 5.82 Å². The monoisotopic (exact) mass is 169 g/mol. The summed E-state index contributed by atoms with van der Waals surface area (Å²) in [5, 5.41) is 7.25. The van der Waals surface area contributed by atoms with Crippen molar-refractivity contribution >= 4 is 5.82 Å². The molecule has 0 bridgehead atoms. The highest BCUT2D eigenvalue weighted by Crippen LogP contribution is 2.25. The predicted octanol–water partition coefficient (Wildman–Crippen LogP) is -0.563. The molecule has 1 saturated heterocycles. The minimum atomic E-state index is 0.108. The number of aromatic nitrogens is 2. The maximum Gasteiger partial charge on any atom is 0.193 e. The highest BCUT2D eigenvalue weighted by Gasteiger charge is 2.29. The van der Waals surface area contributed by atoms with Crippen LogP contribution in [0.15, 0.2) is 4.63 Å². The Morgan fingerprint density at radius 2 is 2.42 bits per heavy atom. The molecule has 1 aromatic heterocycles. The van der Waals surface area contributed by atoms with E-state index in [-0.39, 0.29) is 6.04 Å². The lowest BCUT2D eigenvalue weighted by Gasteiger charge is -2.09. The predicted molar refractivity (Wildman–Crippen MR) is 41.8 cm³/mol. The van der Waals surface area contributed by atoms with Crippen molar-refractivity contribution in [1.82, 2.24) is 21.2 Å². The summed E-state index contributed by atoms with van der Waals surface area (Å²) in [6.07, 6.45) is 0. The van der Waals surface area contributed by atoms with Crippen LogP contribution >= 0.6 is 0 Å². The fourth-order valence-corrected chi connectivity index (χ4v) is 1.35. The van der Waals surface area contributed by atoms with E-state index in [0.717, 1.165) is 6.54 Å². The maximum absolute atomic E-state index is 5.55. The van der Waals surface area contributed by atoms with Gasteiger partial charge in [-0.2, -0.15) is 0 Å². The van der Waals surface area contributed by atoms with Crippen LogP contribution in [0.5, 0.6) is 0 Å². The fraction of sp³-hybridized carbons (Fsp3) is 0.667. The molecule has 4 N–H and O–H groups in total. The number of hydrogen-bond acceptors (Lipinski definition) is 6. The van der Waals surface area contributed by atoms with Gasteiger partial charge < -0.3 is 5.73 Å². The van der Waals surface area contributed by atoms with Crippen molar-refractivity contribution in [1.29, 1.82) is 0 Å². The zero-order valence-electron chi connectivity index (χ0n) is 6.74. The van der Waals surface area contributed by atoms with Gasteiger partial charge in [0.1, 0.15) is 5.69 Å². The standard InChI is InChI=1S/C6H11N5O/c1-3-2-8-9-4(3)5-6(7)11-12-10-5/h3-4,8-9H,2H2,1H3,(H2,7,11). The van der Waals surface area contributed by atoms with Crippen LogP contribution < -0.4 is 16.6 Å². The first-order valence-corrected chi connectivity index (χ1v) is 3.85. The average Bonchev–Trinajstić information content (AvgIpc) is 2.59. The molecule has 1 aliphatic heterocycles. The molecule has 0 radical (unpaired) electrons. The van der Waals surface area contributed by atoms with E-state index in [1.807, 2.05) is 0 Å². The third-order valence-electron chi connectivity index (χ3n) is 2.09. The maximum atomic E-state index is 5.55. The van der Waals surface area contributed by atoms with E-state index in [2.05, 4.69) is 32.7 Å². The third kappa shape index (κ3) is 1.05. The van der Waals surface area contributed by atoms with E-state index >= 15 is 0 Å². The van der Waals surface area contributed by atoms with Crippen molar-refractivity contribution in [3.8, 4) is 0 Å². The number of hydrazine groups is 1. The molecule has 6 nitrogen and oxygen atoms in total. The molecule has 2 rings (SSSR count). The van der Waals surface area contributed by atoms with Crippen molar-refractivity contribution in [2.45, 2.75) is 13.0 Å². The van der Waals surface area contributed by atoms with E-state index < -0.39 is 0 Å². The van der Waals surface area contributed by atoms with Crippen LogP contribution in [-0.2, 0) is 0 Å². The molecule has 0 saturated carbocycles. The smallest absolute Gasteiger partial charge is 0.193 e. The highest BCUT2D eigenvalue weighted by atomic mass is 16.6. The van der Waals surface area contributed by atoms with E-state index in [4.69, 9.17) is 5.73 Å². The fourth-order valence-electron chi connectivity index (χ4n) is 1.35. The van der Waals surface area contributed by atoms with Crippen molar-refractivity contribution in [3.05, 3.63) is 5.69 Å². The minimum Gasteiger partial charge on any atom is -0.379 e. The van der Waals surface area contributed by atoms with Crippen LogP contribution in [0, 0.1) is 5.92 Å². The molecule has 0 spiro atoms. The summed E-state index contributed by atoms with van der Waals surface area (Å²) in [6.45, 7) is 3.00. The molecule has 1 fully saturated rings. The van der Waals surface area contributed by atoms with E-state index in [1.165, 1.54) is 0 Å². The van der Waals surface area contributed by atoms with Gasteiger partial charge in [0.15, 0.2) is 5.82 Å². The Balaban J connectivity index is 2.24. The zero-order valence-corrected chi connectivity index (χ0v) is 6.74. The molecular formula is C6H11N5O. The minimum absolute atomic E-state index is 0.108. The van der Waals surface area contributed by atoms with Crippen molar-refractivity contribution in [2.24, 2.45) is 5.92 Å². The molecule has 1 aliphatic rings. The Hall–Kier alpha value is -1.14. The summed E-state index contributed by atoms with van der Waals surface area (Å²) in [7, 11) is 0. The number of nitrogens with one attached hydrogen (secondary N) is 2. The number of hydrogen-bond donors (Lipinski definition) is 3. The Bertz CT molecular complexity index is 273. The summed E-state index contributed by atoms with van der Waals surface area (Å²) in [6, 6.07) is 0.108. The molecule has 0 amide bonds. The van der Waals surface area contributed by atoms with Crippen LogP contribution in [0.3, 0.4) is 0 Å². The Morgan fingerprint density at radius 1 is 1.58 bits per heavy atom. The highest BCUT2D eigenvalue weighted by molar-refractivity contribution is 5.34. The normalized spacial score (nSPS) is 29.4. The Morgan fingerprint density at radius 3 is 2.92 bits per heavy atom. The Kier molecular flexibility index (Phi) is 1.70. The second-order valence-corrected chi connectivity index (χ2v) is 3.01. The van der Waals surface area contributed by atoms with Crippen molar-refractivity contribution in [2.75, 3.05) is 12.3 Å². The summed E-state index contributed by atoms with van der Waals surface area (Å²) in [4.78, 5) is 0. The SMILES string of the molecule is CC1CNNC1c1nonc1N. The van der Waals surface area contributed by atoms with Gasteiger partial charge in [0, 0.05) is 6.54 Å². The van der Waals surface area contributed by atoms with E-state index in [9.17, 15) is 0 Å². The molecule has 2 unspecified atom stereocenters. The molecule has 2 heterocycles.